The van der Waals surface area contributed by atoms with Crippen molar-refractivity contribution >= 4 is 11.6 Å². The molecule has 2 aromatic heterocycles. The molecule has 0 saturated carbocycles. The first-order valence-corrected chi connectivity index (χ1v) is 8.81. The third kappa shape index (κ3) is 4.54. The van der Waals surface area contributed by atoms with Gasteiger partial charge in [0, 0.05) is 23.5 Å². The summed E-state index contributed by atoms with van der Waals surface area (Å²) in [6.07, 6.45) is -2.83. The van der Waals surface area contributed by atoms with Crippen molar-refractivity contribution in [3.63, 3.8) is 0 Å². The van der Waals surface area contributed by atoms with E-state index in [1.54, 1.807) is 43.5 Å². The molecular weight excluding hydrogens is 397 g/mol. The van der Waals surface area contributed by atoms with E-state index in [1.807, 2.05) is 0 Å². The zero-order chi connectivity index (χ0) is 21.1. The standard InChI is InChI=1S/C20H15F3N6O/c1-12-24-9-8-17(25-12)30-16-7-2-4-13(10-16)18-27-19(29-28-18)26-15-6-3-5-14(11-15)20(21,22)23/h2-11H,1H3,(H2,26,27,28,29). The molecule has 0 unspecified atom stereocenters. The van der Waals surface area contributed by atoms with Crippen molar-refractivity contribution in [1.29, 1.82) is 0 Å². The fraction of sp³-hybridized carbons (Fsp3) is 0.100. The average molecular weight is 412 g/mol. The lowest BCUT2D eigenvalue weighted by Crippen LogP contribution is -2.05. The van der Waals surface area contributed by atoms with Gasteiger partial charge in [-0.3, -0.25) is 5.10 Å². The van der Waals surface area contributed by atoms with Crippen LogP contribution in [0.15, 0.2) is 60.8 Å². The number of hydrogen-bond acceptors (Lipinski definition) is 6. The van der Waals surface area contributed by atoms with Crippen molar-refractivity contribution in [1.82, 2.24) is 25.1 Å². The molecule has 0 aliphatic rings. The normalized spacial score (nSPS) is 11.3. The Hall–Kier alpha value is -3.95. The Morgan fingerprint density at radius 3 is 2.63 bits per heavy atom. The average Bonchev–Trinajstić information content (AvgIpc) is 3.16. The Morgan fingerprint density at radius 1 is 1.00 bits per heavy atom. The van der Waals surface area contributed by atoms with E-state index >= 15 is 0 Å². The summed E-state index contributed by atoms with van der Waals surface area (Å²) in [6.45, 7) is 1.76. The number of halogens is 3. The number of nitrogens with one attached hydrogen (secondary N) is 2. The molecule has 0 bridgehead atoms. The van der Waals surface area contributed by atoms with Crippen molar-refractivity contribution in [2.75, 3.05) is 5.32 Å². The van der Waals surface area contributed by atoms with Crippen LogP contribution in [-0.4, -0.2) is 25.1 Å². The van der Waals surface area contributed by atoms with Crippen molar-refractivity contribution in [2.45, 2.75) is 13.1 Å². The lowest BCUT2D eigenvalue weighted by atomic mass is 10.2. The van der Waals surface area contributed by atoms with Gasteiger partial charge in [-0.1, -0.05) is 18.2 Å². The molecule has 0 saturated heterocycles. The second kappa shape index (κ2) is 7.82. The van der Waals surface area contributed by atoms with Crippen LogP contribution in [0.2, 0.25) is 0 Å². The van der Waals surface area contributed by atoms with E-state index < -0.39 is 11.7 Å². The second-order valence-electron chi connectivity index (χ2n) is 6.28. The molecular formula is C20H15F3N6O. The smallest absolute Gasteiger partial charge is 0.416 e. The second-order valence-corrected chi connectivity index (χ2v) is 6.28. The van der Waals surface area contributed by atoms with Crippen molar-refractivity contribution in [3.8, 4) is 23.0 Å². The molecule has 2 heterocycles. The molecule has 10 heteroatoms. The molecule has 4 aromatic rings. The number of alkyl halides is 3. The summed E-state index contributed by atoms with van der Waals surface area (Å²) in [6, 6.07) is 13.5. The number of aryl methyl sites for hydroxylation is 1. The molecule has 152 valence electrons. The van der Waals surface area contributed by atoms with Gasteiger partial charge in [0.05, 0.1) is 5.56 Å². The van der Waals surface area contributed by atoms with Gasteiger partial charge in [0.25, 0.3) is 0 Å². The molecule has 0 amide bonds. The van der Waals surface area contributed by atoms with Crippen molar-refractivity contribution < 1.29 is 17.9 Å². The number of benzene rings is 2. The Morgan fingerprint density at radius 2 is 1.83 bits per heavy atom. The summed E-state index contributed by atoms with van der Waals surface area (Å²) in [5, 5.41) is 9.54. The maximum absolute atomic E-state index is 12.9. The first-order chi connectivity index (χ1) is 14.4. The molecule has 0 aliphatic heterocycles. The van der Waals surface area contributed by atoms with E-state index in [9.17, 15) is 13.2 Å². The van der Waals surface area contributed by atoms with Gasteiger partial charge in [-0.2, -0.15) is 23.1 Å². The Bertz CT molecular complexity index is 1170. The highest BCUT2D eigenvalue weighted by Crippen LogP contribution is 2.31. The Labute approximate surface area is 169 Å². The van der Waals surface area contributed by atoms with Crippen LogP contribution in [0.4, 0.5) is 24.8 Å². The number of H-pyrrole nitrogens is 1. The highest BCUT2D eigenvalue weighted by atomic mass is 19.4. The van der Waals surface area contributed by atoms with E-state index in [4.69, 9.17) is 4.74 Å². The largest absolute Gasteiger partial charge is 0.439 e. The zero-order valence-electron chi connectivity index (χ0n) is 15.6. The molecule has 0 aliphatic carbocycles. The van der Waals surface area contributed by atoms with Gasteiger partial charge in [-0.15, -0.1) is 5.10 Å². The van der Waals surface area contributed by atoms with Crippen LogP contribution in [0.3, 0.4) is 0 Å². The predicted octanol–water partition coefficient (Wildman–Crippen LogP) is 5.12. The number of aromatic amines is 1. The van der Waals surface area contributed by atoms with E-state index in [2.05, 4.69) is 30.5 Å². The molecule has 0 fully saturated rings. The fourth-order valence-electron chi connectivity index (χ4n) is 2.67. The maximum Gasteiger partial charge on any atom is 0.416 e. The SMILES string of the molecule is Cc1nccc(Oc2cccc(-c3nc(Nc4cccc(C(F)(F)F)c4)n[nH]3)c2)n1. The Balaban J connectivity index is 1.52. The van der Waals surface area contributed by atoms with Crippen LogP contribution in [0.25, 0.3) is 11.4 Å². The number of nitrogens with zero attached hydrogens (tertiary/aromatic N) is 4. The highest BCUT2D eigenvalue weighted by Gasteiger charge is 2.30. The topological polar surface area (TPSA) is 88.6 Å². The quantitative estimate of drug-likeness (QED) is 0.473. The molecule has 7 nitrogen and oxygen atoms in total. The van der Waals surface area contributed by atoms with Crippen LogP contribution in [0, 0.1) is 6.92 Å². The van der Waals surface area contributed by atoms with Crippen LogP contribution in [0.5, 0.6) is 11.6 Å². The molecule has 2 aromatic carbocycles. The van der Waals surface area contributed by atoms with Crippen LogP contribution >= 0.6 is 0 Å². The Kier molecular flexibility index (Phi) is 5.05. The highest BCUT2D eigenvalue weighted by molar-refractivity contribution is 5.61. The van der Waals surface area contributed by atoms with E-state index in [1.165, 1.54) is 12.1 Å². The first kappa shape index (κ1) is 19.4. The van der Waals surface area contributed by atoms with Crippen LogP contribution < -0.4 is 10.1 Å². The third-order valence-corrected chi connectivity index (χ3v) is 4.01. The predicted molar refractivity (Wildman–Crippen MR) is 103 cm³/mol. The molecule has 4 rings (SSSR count). The monoisotopic (exact) mass is 412 g/mol. The number of aromatic nitrogens is 5. The van der Waals surface area contributed by atoms with Gasteiger partial charge in [0.1, 0.15) is 11.6 Å². The summed E-state index contributed by atoms with van der Waals surface area (Å²) in [4.78, 5) is 12.5. The number of ether oxygens (including phenoxy) is 1. The van der Waals surface area contributed by atoms with Gasteiger partial charge < -0.3 is 10.1 Å². The van der Waals surface area contributed by atoms with E-state index in [-0.39, 0.29) is 11.6 Å². The maximum atomic E-state index is 12.9. The van der Waals surface area contributed by atoms with Gasteiger partial charge in [-0.05, 0) is 37.3 Å². The van der Waals surface area contributed by atoms with Crippen LogP contribution in [0.1, 0.15) is 11.4 Å². The minimum Gasteiger partial charge on any atom is -0.439 e. The number of rotatable bonds is 5. The molecule has 2 N–H and O–H groups in total. The fourth-order valence-corrected chi connectivity index (χ4v) is 2.67. The van der Waals surface area contributed by atoms with Crippen LogP contribution in [-0.2, 0) is 6.18 Å². The summed E-state index contributed by atoms with van der Waals surface area (Å²) >= 11 is 0. The number of hydrogen-bond donors (Lipinski definition) is 2. The van der Waals surface area contributed by atoms with E-state index in [0.29, 0.717) is 28.8 Å². The molecule has 0 spiro atoms. The summed E-state index contributed by atoms with van der Waals surface area (Å²) in [7, 11) is 0. The summed E-state index contributed by atoms with van der Waals surface area (Å²) < 4.78 is 44.3. The first-order valence-electron chi connectivity index (χ1n) is 8.81. The van der Waals surface area contributed by atoms with Crippen molar-refractivity contribution in [2.24, 2.45) is 0 Å². The molecule has 30 heavy (non-hydrogen) atoms. The van der Waals surface area contributed by atoms with Gasteiger partial charge in [0.2, 0.25) is 11.8 Å². The lowest BCUT2D eigenvalue weighted by molar-refractivity contribution is -0.137. The minimum absolute atomic E-state index is 0.141. The summed E-state index contributed by atoms with van der Waals surface area (Å²) in [5.74, 6) is 2.10. The van der Waals surface area contributed by atoms with E-state index in [0.717, 1.165) is 12.1 Å². The van der Waals surface area contributed by atoms with Gasteiger partial charge in [0.15, 0.2) is 5.82 Å². The molecule has 0 atom stereocenters. The lowest BCUT2D eigenvalue weighted by Gasteiger charge is -2.08. The summed E-state index contributed by atoms with van der Waals surface area (Å²) in [5.41, 5.74) is 0.155. The van der Waals surface area contributed by atoms with Gasteiger partial charge in [-0.25, -0.2) is 4.98 Å². The van der Waals surface area contributed by atoms with Gasteiger partial charge >= 0.3 is 6.18 Å². The number of anilines is 2. The zero-order valence-corrected chi connectivity index (χ0v) is 15.6. The molecule has 0 radical (unpaired) electrons. The third-order valence-electron chi connectivity index (χ3n) is 4.01. The minimum atomic E-state index is -4.43. The van der Waals surface area contributed by atoms with Crippen molar-refractivity contribution in [3.05, 3.63) is 72.2 Å².